The largest absolute Gasteiger partial charge is 0.479 e. The Hall–Kier alpha value is -2.14. The SMILES string of the molecule is CC(Oc1ccc2ccccc2n1)[C@H](C)OC(C)(C)C(=O)O. The molecule has 5 heteroatoms. The molecule has 1 heterocycles. The van der Waals surface area contributed by atoms with Crippen LogP contribution in [0.5, 0.6) is 5.88 Å². The smallest absolute Gasteiger partial charge is 0.335 e. The number of benzene rings is 1. The quantitative estimate of drug-likeness (QED) is 0.887. The molecule has 1 unspecified atom stereocenters. The minimum absolute atomic E-state index is 0.327. The van der Waals surface area contributed by atoms with E-state index in [1.165, 1.54) is 13.8 Å². The maximum atomic E-state index is 11.1. The number of para-hydroxylation sites is 1. The molecule has 1 aromatic heterocycles. The zero-order chi connectivity index (χ0) is 16.3. The number of nitrogens with zero attached hydrogens (tertiary/aromatic N) is 1. The number of rotatable bonds is 6. The van der Waals surface area contributed by atoms with Gasteiger partial charge in [-0.25, -0.2) is 9.78 Å². The van der Waals surface area contributed by atoms with E-state index in [-0.39, 0.29) is 12.2 Å². The Morgan fingerprint density at radius 2 is 1.82 bits per heavy atom. The van der Waals surface area contributed by atoms with E-state index < -0.39 is 11.6 Å². The predicted molar refractivity (Wildman–Crippen MR) is 84.1 cm³/mol. The highest BCUT2D eigenvalue weighted by Gasteiger charge is 2.32. The number of pyridine rings is 1. The van der Waals surface area contributed by atoms with Gasteiger partial charge in [-0.15, -0.1) is 0 Å². The molecule has 22 heavy (non-hydrogen) atoms. The van der Waals surface area contributed by atoms with Gasteiger partial charge in [0.1, 0.15) is 6.10 Å². The molecule has 0 aliphatic carbocycles. The molecule has 2 aromatic rings. The van der Waals surface area contributed by atoms with Crippen LogP contribution in [0, 0.1) is 0 Å². The summed E-state index contributed by atoms with van der Waals surface area (Å²) in [5.41, 5.74) is -0.403. The molecule has 0 amide bonds. The fraction of sp³-hybridized carbons (Fsp3) is 0.412. The number of carboxylic acids is 1. The second kappa shape index (κ2) is 6.32. The van der Waals surface area contributed by atoms with E-state index >= 15 is 0 Å². The first kappa shape index (κ1) is 16.2. The highest BCUT2D eigenvalue weighted by atomic mass is 16.6. The fourth-order valence-corrected chi connectivity index (χ4v) is 2.01. The van der Waals surface area contributed by atoms with Crippen molar-refractivity contribution < 1.29 is 19.4 Å². The number of ether oxygens (including phenoxy) is 2. The Morgan fingerprint density at radius 1 is 1.14 bits per heavy atom. The van der Waals surface area contributed by atoms with E-state index in [4.69, 9.17) is 14.6 Å². The lowest BCUT2D eigenvalue weighted by Crippen LogP contribution is -2.42. The third-order valence-corrected chi connectivity index (χ3v) is 3.54. The van der Waals surface area contributed by atoms with Gasteiger partial charge in [0.2, 0.25) is 5.88 Å². The molecule has 0 radical (unpaired) electrons. The van der Waals surface area contributed by atoms with E-state index in [9.17, 15) is 4.79 Å². The minimum atomic E-state index is -1.26. The molecule has 0 saturated carbocycles. The minimum Gasteiger partial charge on any atom is -0.479 e. The van der Waals surface area contributed by atoms with Crippen LogP contribution in [0.25, 0.3) is 10.9 Å². The van der Waals surface area contributed by atoms with Crippen molar-refractivity contribution in [2.75, 3.05) is 0 Å². The van der Waals surface area contributed by atoms with Gasteiger partial charge in [-0.05, 0) is 39.8 Å². The van der Waals surface area contributed by atoms with Gasteiger partial charge < -0.3 is 14.6 Å². The molecule has 0 bridgehead atoms. The van der Waals surface area contributed by atoms with Gasteiger partial charge >= 0.3 is 5.97 Å². The third kappa shape index (κ3) is 3.74. The van der Waals surface area contributed by atoms with Crippen LogP contribution in [0.4, 0.5) is 0 Å². The number of hydrogen-bond acceptors (Lipinski definition) is 4. The summed E-state index contributed by atoms with van der Waals surface area (Å²) in [5.74, 6) is -0.509. The summed E-state index contributed by atoms with van der Waals surface area (Å²) in [6.45, 7) is 6.66. The first-order valence-electron chi connectivity index (χ1n) is 7.23. The predicted octanol–water partition coefficient (Wildman–Crippen LogP) is 3.27. The second-order valence-electron chi connectivity index (χ2n) is 5.80. The Bertz CT molecular complexity index is 669. The standard InChI is InChI=1S/C17H21NO4/c1-11(12(2)22-17(3,4)16(19)20)21-15-10-9-13-7-5-6-8-14(13)18-15/h5-12H,1-4H3,(H,19,20)/t11?,12-/m0/s1. The highest BCUT2D eigenvalue weighted by Crippen LogP contribution is 2.20. The molecule has 2 atom stereocenters. The van der Waals surface area contributed by atoms with Crippen LogP contribution in [0.3, 0.4) is 0 Å². The number of hydrogen-bond donors (Lipinski definition) is 1. The number of aromatic nitrogens is 1. The van der Waals surface area contributed by atoms with E-state index in [2.05, 4.69) is 4.98 Å². The van der Waals surface area contributed by atoms with Gasteiger partial charge in [0, 0.05) is 11.5 Å². The normalized spacial score (nSPS) is 14.5. The van der Waals surface area contributed by atoms with Crippen LogP contribution in [0.15, 0.2) is 36.4 Å². The fourth-order valence-electron chi connectivity index (χ4n) is 2.01. The lowest BCUT2D eigenvalue weighted by atomic mass is 10.1. The second-order valence-corrected chi connectivity index (χ2v) is 5.80. The van der Waals surface area contributed by atoms with Crippen molar-refractivity contribution in [3.05, 3.63) is 36.4 Å². The molecule has 1 N–H and O–H groups in total. The van der Waals surface area contributed by atoms with Crippen molar-refractivity contribution in [2.45, 2.75) is 45.5 Å². The summed E-state index contributed by atoms with van der Waals surface area (Å²) in [5, 5.41) is 10.1. The first-order valence-corrected chi connectivity index (χ1v) is 7.23. The van der Waals surface area contributed by atoms with E-state index in [0.717, 1.165) is 10.9 Å². The summed E-state index contributed by atoms with van der Waals surface area (Å²) < 4.78 is 11.3. The maximum Gasteiger partial charge on any atom is 0.335 e. The zero-order valence-corrected chi connectivity index (χ0v) is 13.2. The van der Waals surface area contributed by atoms with Gasteiger partial charge in [0.15, 0.2) is 5.60 Å². The van der Waals surface area contributed by atoms with Crippen molar-refractivity contribution in [3.8, 4) is 5.88 Å². The molecule has 0 saturated heterocycles. The Balaban J connectivity index is 2.06. The van der Waals surface area contributed by atoms with Gasteiger partial charge in [0.25, 0.3) is 0 Å². The van der Waals surface area contributed by atoms with Crippen LogP contribution in [-0.2, 0) is 9.53 Å². The molecule has 2 rings (SSSR count). The van der Waals surface area contributed by atoms with Gasteiger partial charge in [0.05, 0.1) is 11.6 Å². The van der Waals surface area contributed by atoms with Crippen molar-refractivity contribution in [2.24, 2.45) is 0 Å². The molecule has 0 fully saturated rings. The molecule has 0 spiro atoms. The Kier molecular flexibility index (Phi) is 4.66. The zero-order valence-electron chi connectivity index (χ0n) is 13.2. The molecule has 5 nitrogen and oxygen atoms in total. The first-order chi connectivity index (χ1) is 10.3. The summed E-state index contributed by atoms with van der Waals surface area (Å²) in [6.07, 6.45) is -0.716. The average Bonchev–Trinajstić information content (AvgIpc) is 2.46. The van der Waals surface area contributed by atoms with Gasteiger partial charge in [-0.3, -0.25) is 0 Å². The molecule has 1 aromatic carbocycles. The van der Waals surface area contributed by atoms with Crippen LogP contribution in [-0.4, -0.2) is 33.9 Å². The monoisotopic (exact) mass is 303 g/mol. The summed E-state index contributed by atoms with van der Waals surface area (Å²) >= 11 is 0. The number of fused-ring (bicyclic) bond motifs is 1. The molecular weight excluding hydrogens is 282 g/mol. The van der Waals surface area contributed by atoms with Crippen LogP contribution in [0.2, 0.25) is 0 Å². The summed E-state index contributed by atoms with van der Waals surface area (Å²) in [6, 6.07) is 11.5. The average molecular weight is 303 g/mol. The molecule has 118 valence electrons. The number of aliphatic carboxylic acids is 1. The highest BCUT2D eigenvalue weighted by molar-refractivity contribution is 5.78. The summed E-state index contributed by atoms with van der Waals surface area (Å²) in [4.78, 5) is 15.5. The van der Waals surface area contributed by atoms with Crippen molar-refractivity contribution in [1.82, 2.24) is 4.98 Å². The van der Waals surface area contributed by atoms with Crippen LogP contribution >= 0.6 is 0 Å². The van der Waals surface area contributed by atoms with Crippen LogP contribution < -0.4 is 4.74 Å². The van der Waals surface area contributed by atoms with E-state index in [0.29, 0.717) is 5.88 Å². The van der Waals surface area contributed by atoms with E-state index in [1.54, 1.807) is 13.0 Å². The van der Waals surface area contributed by atoms with Crippen molar-refractivity contribution >= 4 is 16.9 Å². The topological polar surface area (TPSA) is 68.7 Å². The maximum absolute atomic E-state index is 11.1. The molecule has 0 aliphatic rings. The van der Waals surface area contributed by atoms with Crippen molar-refractivity contribution in [3.63, 3.8) is 0 Å². The summed E-state index contributed by atoms with van der Waals surface area (Å²) in [7, 11) is 0. The van der Waals surface area contributed by atoms with Gasteiger partial charge in [-0.2, -0.15) is 0 Å². The lowest BCUT2D eigenvalue weighted by molar-refractivity contribution is -0.172. The van der Waals surface area contributed by atoms with Crippen molar-refractivity contribution in [1.29, 1.82) is 0 Å². The Morgan fingerprint density at radius 3 is 2.50 bits per heavy atom. The molecule has 0 aliphatic heterocycles. The van der Waals surface area contributed by atoms with E-state index in [1.807, 2.05) is 37.3 Å². The van der Waals surface area contributed by atoms with Gasteiger partial charge in [-0.1, -0.05) is 18.2 Å². The number of carbonyl (C=O) groups is 1. The van der Waals surface area contributed by atoms with Crippen LogP contribution in [0.1, 0.15) is 27.7 Å². The third-order valence-electron chi connectivity index (χ3n) is 3.54. The Labute approximate surface area is 129 Å². The lowest BCUT2D eigenvalue weighted by Gasteiger charge is -2.28. The number of carboxylic acid groups (broad SMARTS) is 1. The molecular formula is C17H21NO4.